The van der Waals surface area contributed by atoms with Gasteiger partial charge in [-0.1, -0.05) is 13.0 Å². The number of hydrogen-bond acceptors (Lipinski definition) is 5. The van der Waals surface area contributed by atoms with E-state index in [0.717, 1.165) is 24.5 Å². The van der Waals surface area contributed by atoms with Crippen LogP contribution in [0.15, 0.2) is 18.3 Å². The average Bonchev–Trinajstić information content (AvgIpc) is 2.45. The van der Waals surface area contributed by atoms with Crippen LogP contribution in [0.25, 0.3) is 0 Å². The molecule has 112 valence electrons. The first kappa shape index (κ1) is 16.4. The van der Waals surface area contributed by atoms with Gasteiger partial charge in [-0.3, -0.25) is 4.79 Å². The molecule has 0 bridgehead atoms. The number of hydrogen-bond donors (Lipinski definition) is 2. The van der Waals surface area contributed by atoms with Crippen LogP contribution in [-0.2, 0) is 16.1 Å². The molecule has 0 fully saturated rings. The van der Waals surface area contributed by atoms with Crippen molar-refractivity contribution in [2.24, 2.45) is 0 Å². The Balaban J connectivity index is 2.57. The highest BCUT2D eigenvalue weighted by atomic mass is 16.5. The van der Waals surface area contributed by atoms with Crippen molar-refractivity contribution < 1.29 is 9.53 Å². The molecule has 20 heavy (non-hydrogen) atoms. The number of rotatable bonds is 9. The van der Waals surface area contributed by atoms with Crippen LogP contribution < -0.4 is 15.5 Å². The first-order valence-electron chi connectivity index (χ1n) is 6.80. The van der Waals surface area contributed by atoms with E-state index in [1.54, 1.807) is 13.3 Å². The van der Waals surface area contributed by atoms with Crippen LogP contribution in [0.4, 0.5) is 5.82 Å². The minimum atomic E-state index is -0.0374. The van der Waals surface area contributed by atoms with E-state index in [9.17, 15) is 4.79 Å². The van der Waals surface area contributed by atoms with E-state index in [1.165, 1.54) is 0 Å². The molecule has 0 atom stereocenters. The molecule has 1 aromatic heterocycles. The summed E-state index contributed by atoms with van der Waals surface area (Å²) in [7, 11) is 3.48. The van der Waals surface area contributed by atoms with Gasteiger partial charge in [0.05, 0.1) is 13.2 Å². The van der Waals surface area contributed by atoms with Gasteiger partial charge in [0.15, 0.2) is 0 Å². The molecular weight excluding hydrogens is 256 g/mol. The summed E-state index contributed by atoms with van der Waals surface area (Å²) >= 11 is 0. The van der Waals surface area contributed by atoms with Crippen molar-refractivity contribution in [3.8, 4) is 0 Å². The van der Waals surface area contributed by atoms with Gasteiger partial charge in [0.25, 0.3) is 0 Å². The predicted molar refractivity (Wildman–Crippen MR) is 79.8 cm³/mol. The third kappa shape index (κ3) is 5.54. The molecule has 0 saturated carbocycles. The maximum Gasteiger partial charge on any atom is 0.239 e. The topological polar surface area (TPSA) is 66.5 Å². The van der Waals surface area contributed by atoms with Gasteiger partial charge in [-0.2, -0.15) is 0 Å². The van der Waals surface area contributed by atoms with E-state index in [0.29, 0.717) is 13.2 Å². The van der Waals surface area contributed by atoms with Crippen LogP contribution in [0.2, 0.25) is 0 Å². The van der Waals surface area contributed by atoms with E-state index >= 15 is 0 Å². The first-order valence-corrected chi connectivity index (χ1v) is 6.80. The van der Waals surface area contributed by atoms with Crippen LogP contribution in [0.1, 0.15) is 12.5 Å². The largest absolute Gasteiger partial charge is 0.383 e. The van der Waals surface area contributed by atoms with Gasteiger partial charge in [-0.25, -0.2) is 4.98 Å². The normalized spacial score (nSPS) is 10.3. The Bertz CT molecular complexity index is 412. The van der Waals surface area contributed by atoms with Gasteiger partial charge in [0.1, 0.15) is 5.82 Å². The molecule has 0 aliphatic heterocycles. The Morgan fingerprint density at radius 3 is 3.00 bits per heavy atom. The Hall–Kier alpha value is -1.66. The smallest absolute Gasteiger partial charge is 0.239 e. The van der Waals surface area contributed by atoms with Crippen molar-refractivity contribution in [1.29, 1.82) is 0 Å². The number of anilines is 1. The molecule has 0 aliphatic carbocycles. The van der Waals surface area contributed by atoms with E-state index < -0.39 is 0 Å². The van der Waals surface area contributed by atoms with E-state index in [2.05, 4.69) is 22.5 Å². The molecule has 0 unspecified atom stereocenters. The molecular formula is C14H24N4O2. The second-order valence-electron chi connectivity index (χ2n) is 4.47. The van der Waals surface area contributed by atoms with Crippen molar-refractivity contribution in [3.05, 3.63) is 23.9 Å². The lowest BCUT2D eigenvalue weighted by Crippen LogP contribution is -2.37. The Kier molecular flexibility index (Phi) is 7.60. The van der Waals surface area contributed by atoms with Gasteiger partial charge < -0.3 is 20.3 Å². The van der Waals surface area contributed by atoms with Gasteiger partial charge >= 0.3 is 0 Å². The molecule has 6 heteroatoms. The number of nitrogens with zero attached hydrogens (tertiary/aromatic N) is 2. The number of nitrogens with one attached hydrogen (secondary N) is 2. The molecule has 0 spiro atoms. The summed E-state index contributed by atoms with van der Waals surface area (Å²) in [4.78, 5) is 18.0. The van der Waals surface area contributed by atoms with E-state index in [-0.39, 0.29) is 12.5 Å². The summed E-state index contributed by atoms with van der Waals surface area (Å²) in [6.45, 7) is 5.02. The van der Waals surface area contributed by atoms with Gasteiger partial charge in [-0.05, 0) is 12.6 Å². The zero-order chi connectivity index (χ0) is 14.8. The molecule has 1 rings (SSSR count). The number of carbonyl (C=O) groups is 1. The fourth-order valence-electron chi connectivity index (χ4n) is 1.81. The van der Waals surface area contributed by atoms with Crippen LogP contribution in [-0.4, -0.2) is 51.3 Å². The molecule has 1 aromatic rings. The van der Waals surface area contributed by atoms with Crippen molar-refractivity contribution >= 4 is 11.7 Å². The number of amides is 1. The maximum absolute atomic E-state index is 11.8. The SMILES string of the molecule is CCNCc1cccnc1N(C)CC(=O)NCCOC. The molecule has 1 amide bonds. The molecule has 1 heterocycles. The van der Waals surface area contributed by atoms with Crippen molar-refractivity contribution in [2.75, 3.05) is 45.3 Å². The standard InChI is InChI=1S/C14H24N4O2/c1-4-15-10-12-6-5-7-17-14(12)18(2)11-13(19)16-8-9-20-3/h5-7,15H,4,8-11H2,1-3H3,(H,16,19). The van der Waals surface area contributed by atoms with Crippen molar-refractivity contribution in [1.82, 2.24) is 15.6 Å². The number of pyridine rings is 1. The quantitative estimate of drug-likeness (QED) is 0.641. The fourth-order valence-corrected chi connectivity index (χ4v) is 1.81. The maximum atomic E-state index is 11.8. The molecule has 0 aromatic carbocycles. The zero-order valence-electron chi connectivity index (χ0n) is 12.5. The summed E-state index contributed by atoms with van der Waals surface area (Å²) in [5.41, 5.74) is 1.08. The van der Waals surface area contributed by atoms with Crippen molar-refractivity contribution in [3.63, 3.8) is 0 Å². The van der Waals surface area contributed by atoms with E-state index in [1.807, 2.05) is 24.1 Å². The first-order chi connectivity index (χ1) is 9.69. The summed E-state index contributed by atoms with van der Waals surface area (Å²) in [6, 6.07) is 3.92. The predicted octanol–water partition coefficient (Wildman–Crippen LogP) is 0.390. The van der Waals surface area contributed by atoms with Crippen LogP contribution in [0.5, 0.6) is 0 Å². The number of aromatic nitrogens is 1. The summed E-state index contributed by atoms with van der Waals surface area (Å²) in [5, 5.41) is 6.07. The number of methoxy groups -OCH3 is 1. The molecule has 0 radical (unpaired) electrons. The lowest BCUT2D eigenvalue weighted by molar-refractivity contribution is -0.119. The minimum absolute atomic E-state index is 0.0374. The lowest BCUT2D eigenvalue weighted by atomic mass is 10.2. The lowest BCUT2D eigenvalue weighted by Gasteiger charge is -2.20. The summed E-state index contributed by atoms with van der Waals surface area (Å²) in [6.07, 6.45) is 1.74. The third-order valence-corrected chi connectivity index (χ3v) is 2.80. The Morgan fingerprint density at radius 2 is 2.30 bits per heavy atom. The molecule has 2 N–H and O–H groups in total. The fraction of sp³-hybridized carbons (Fsp3) is 0.571. The van der Waals surface area contributed by atoms with Gasteiger partial charge in [0.2, 0.25) is 5.91 Å². The highest BCUT2D eigenvalue weighted by Gasteiger charge is 2.11. The van der Waals surface area contributed by atoms with Crippen LogP contribution in [0, 0.1) is 0 Å². The summed E-state index contributed by atoms with van der Waals surface area (Å²) < 4.78 is 4.90. The van der Waals surface area contributed by atoms with Crippen LogP contribution in [0.3, 0.4) is 0 Å². The number of carbonyl (C=O) groups excluding carboxylic acids is 1. The molecule has 0 saturated heterocycles. The second kappa shape index (κ2) is 9.28. The van der Waals surface area contributed by atoms with Gasteiger partial charge in [-0.15, -0.1) is 0 Å². The number of likely N-dealkylation sites (N-methyl/N-ethyl adjacent to an activating group) is 1. The Morgan fingerprint density at radius 1 is 1.50 bits per heavy atom. The minimum Gasteiger partial charge on any atom is -0.383 e. The summed E-state index contributed by atoms with van der Waals surface area (Å²) in [5.74, 6) is 0.792. The zero-order valence-corrected chi connectivity index (χ0v) is 12.5. The van der Waals surface area contributed by atoms with Crippen LogP contribution >= 0.6 is 0 Å². The molecule has 6 nitrogen and oxygen atoms in total. The number of ether oxygens (including phenoxy) is 1. The Labute approximate surface area is 120 Å². The van der Waals surface area contributed by atoms with Gasteiger partial charge in [0, 0.05) is 39.0 Å². The van der Waals surface area contributed by atoms with Crippen molar-refractivity contribution in [2.45, 2.75) is 13.5 Å². The highest BCUT2D eigenvalue weighted by Crippen LogP contribution is 2.15. The third-order valence-electron chi connectivity index (χ3n) is 2.80. The monoisotopic (exact) mass is 280 g/mol. The second-order valence-corrected chi connectivity index (χ2v) is 4.47. The average molecular weight is 280 g/mol. The molecule has 0 aliphatic rings. The van der Waals surface area contributed by atoms with E-state index in [4.69, 9.17) is 4.74 Å². The highest BCUT2D eigenvalue weighted by molar-refractivity contribution is 5.81.